The summed E-state index contributed by atoms with van der Waals surface area (Å²) in [7, 11) is 0. The number of likely N-dealkylation sites (tertiary alicyclic amines) is 1. The van der Waals surface area contributed by atoms with Gasteiger partial charge in [0.05, 0.1) is 6.61 Å². The smallest absolute Gasteiger partial charge is 0.254 e. The van der Waals surface area contributed by atoms with Gasteiger partial charge in [0.25, 0.3) is 5.91 Å². The Kier molecular flexibility index (Phi) is 7.64. The van der Waals surface area contributed by atoms with Crippen molar-refractivity contribution in [1.82, 2.24) is 15.4 Å². The molecule has 0 spiro atoms. The first-order valence-electron chi connectivity index (χ1n) is 12.6. The van der Waals surface area contributed by atoms with E-state index in [2.05, 4.69) is 41.7 Å². The van der Waals surface area contributed by atoms with E-state index in [0.717, 1.165) is 18.6 Å². The number of carbonyl (C=O) groups excluding carboxylic acids is 2. The van der Waals surface area contributed by atoms with E-state index in [4.69, 9.17) is 9.57 Å². The summed E-state index contributed by atoms with van der Waals surface area (Å²) >= 11 is 1.68. The minimum absolute atomic E-state index is 0.0334. The molecule has 0 radical (unpaired) electrons. The normalized spacial score (nSPS) is 27.6. The molecule has 2 aliphatic heterocycles. The number of rotatable bonds is 10. The second-order valence-electron chi connectivity index (χ2n) is 9.58. The molecule has 9 heteroatoms. The van der Waals surface area contributed by atoms with Crippen LogP contribution in [0, 0.1) is 5.21 Å². The number of nitrogens with one attached hydrogen (secondary N) is 1. The molecule has 2 unspecified atom stereocenters. The molecule has 2 aromatic rings. The fraction of sp³-hybridized carbons (Fsp3) is 0.481. The van der Waals surface area contributed by atoms with Crippen molar-refractivity contribution < 1.29 is 19.2 Å². The van der Waals surface area contributed by atoms with E-state index >= 15 is 0 Å². The predicted molar refractivity (Wildman–Crippen MR) is 138 cm³/mol. The van der Waals surface area contributed by atoms with Crippen LogP contribution in [-0.2, 0) is 24.9 Å². The van der Waals surface area contributed by atoms with Crippen molar-refractivity contribution in [2.45, 2.75) is 61.0 Å². The van der Waals surface area contributed by atoms with Crippen molar-refractivity contribution in [1.29, 1.82) is 0 Å². The lowest BCUT2D eigenvalue weighted by Crippen LogP contribution is -2.55. The van der Waals surface area contributed by atoms with E-state index < -0.39 is 23.8 Å². The fourth-order valence-corrected chi connectivity index (χ4v) is 6.40. The maximum Gasteiger partial charge on any atom is 0.254 e. The summed E-state index contributed by atoms with van der Waals surface area (Å²) in [6.45, 7) is 3.20. The first-order chi connectivity index (χ1) is 17.5. The molecule has 2 heterocycles. The lowest BCUT2D eigenvalue weighted by molar-refractivity contribution is -0.143. The highest BCUT2D eigenvalue weighted by atomic mass is 32.2. The molecule has 0 bridgehead atoms. The molecule has 192 valence electrons. The van der Waals surface area contributed by atoms with Crippen LogP contribution in [0.3, 0.4) is 0 Å². The molecule has 1 N–H and O–H groups in total. The Morgan fingerprint density at radius 1 is 1.14 bits per heavy atom. The molecule has 0 aromatic heterocycles. The topological polar surface area (TPSA) is 97.5 Å². The van der Waals surface area contributed by atoms with Gasteiger partial charge in [0.15, 0.2) is 12.3 Å². The summed E-state index contributed by atoms with van der Waals surface area (Å²) in [5.41, 5.74) is 1.52. The van der Waals surface area contributed by atoms with Gasteiger partial charge in [-0.25, -0.2) is 5.23 Å². The molecule has 2 aromatic carbocycles. The standard InChI is InChI=1S/C27H32N3O5S/c1-2-34-30(33)25-23(35-25)24(31)28-27(17-22(27)36-18-19-9-5-3-6-10-19)26(32)29-15-13-21(14-16-29)20-11-7-4-8-12-20/h3-12,21-23,25H,2,13-18H2,1H3,(H,28,31)/q-1/t22?,23-,25+,27?/m1/s1. The SMILES string of the molecule is CCON([O-])[C@H]1O[C@@H]1C(=O)NC1(C(=O)N2CCC(c3ccccc3)CC2)CC1SCc1ccccc1. The van der Waals surface area contributed by atoms with Gasteiger partial charge in [-0.2, -0.15) is 11.8 Å². The molecule has 1 aliphatic carbocycles. The van der Waals surface area contributed by atoms with Gasteiger partial charge >= 0.3 is 0 Å². The second-order valence-corrected chi connectivity index (χ2v) is 10.8. The number of ether oxygens (including phenoxy) is 1. The summed E-state index contributed by atoms with van der Waals surface area (Å²) in [5, 5.41) is 15.1. The van der Waals surface area contributed by atoms with Crippen molar-refractivity contribution in [3.63, 3.8) is 0 Å². The van der Waals surface area contributed by atoms with Crippen LogP contribution in [0.4, 0.5) is 0 Å². The van der Waals surface area contributed by atoms with Gasteiger partial charge in [0.2, 0.25) is 5.91 Å². The van der Waals surface area contributed by atoms with Crippen molar-refractivity contribution in [2.75, 3.05) is 19.7 Å². The zero-order chi connectivity index (χ0) is 25.1. The van der Waals surface area contributed by atoms with E-state index in [-0.39, 0.29) is 17.8 Å². The number of hydrogen-bond donors (Lipinski definition) is 1. The van der Waals surface area contributed by atoms with E-state index in [1.54, 1.807) is 18.7 Å². The maximum atomic E-state index is 13.8. The van der Waals surface area contributed by atoms with E-state index in [9.17, 15) is 14.8 Å². The molecular weight excluding hydrogens is 478 g/mol. The Labute approximate surface area is 215 Å². The molecule has 2 saturated heterocycles. The number of epoxide rings is 1. The number of amides is 2. The van der Waals surface area contributed by atoms with Crippen LogP contribution < -0.4 is 5.32 Å². The first kappa shape index (κ1) is 25.2. The summed E-state index contributed by atoms with van der Waals surface area (Å²) < 4.78 is 5.26. The van der Waals surface area contributed by atoms with Crippen LogP contribution in [0.25, 0.3) is 0 Å². The molecule has 36 heavy (non-hydrogen) atoms. The summed E-state index contributed by atoms with van der Waals surface area (Å²) in [6.07, 6.45) is 0.470. The van der Waals surface area contributed by atoms with Gasteiger partial charge in [0.1, 0.15) is 5.54 Å². The highest BCUT2D eigenvalue weighted by molar-refractivity contribution is 7.99. The van der Waals surface area contributed by atoms with Crippen molar-refractivity contribution >= 4 is 23.6 Å². The first-order valence-corrected chi connectivity index (χ1v) is 13.6. The van der Waals surface area contributed by atoms with Crippen LogP contribution >= 0.6 is 11.8 Å². The molecule has 1 saturated carbocycles. The third-order valence-corrected chi connectivity index (χ3v) is 8.63. The van der Waals surface area contributed by atoms with Gasteiger partial charge in [-0.15, -0.1) is 0 Å². The number of thioether (sulfide) groups is 1. The lowest BCUT2D eigenvalue weighted by Gasteiger charge is -2.35. The number of carbonyl (C=O) groups is 2. The van der Waals surface area contributed by atoms with Crippen LogP contribution in [0.5, 0.6) is 0 Å². The Hall–Kier alpha value is -2.43. The number of hydroxylamine groups is 2. The zero-order valence-electron chi connectivity index (χ0n) is 20.4. The molecule has 5 rings (SSSR count). The van der Waals surface area contributed by atoms with Gasteiger partial charge in [-0.3, -0.25) is 9.59 Å². The highest BCUT2D eigenvalue weighted by Gasteiger charge is 2.64. The molecular formula is C27H32N3O5S-. The number of benzene rings is 2. The van der Waals surface area contributed by atoms with Gasteiger partial charge in [-0.1, -0.05) is 60.7 Å². The zero-order valence-corrected chi connectivity index (χ0v) is 21.2. The van der Waals surface area contributed by atoms with Crippen LogP contribution in [0.2, 0.25) is 0 Å². The Bertz CT molecular complexity index is 1050. The predicted octanol–water partition coefficient (Wildman–Crippen LogP) is 3.43. The summed E-state index contributed by atoms with van der Waals surface area (Å²) in [5.74, 6) is 0.725. The minimum Gasteiger partial charge on any atom is -0.760 e. The van der Waals surface area contributed by atoms with Gasteiger partial charge in [-0.05, 0) is 43.2 Å². The summed E-state index contributed by atoms with van der Waals surface area (Å²) in [6, 6.07) is 20.5. The van der Waals surface area contributed by atoms with Gasteiger partial charge < -0.3 is 25.0 Å². The number of hydrogen-bond acceptors (Lipinski definition) is 7. The van der Waals surface area contributed by atoms with E-state index in [1.165, 1.54) is 11.1 Å². The Morgan fingerprint density at radius 3 is 2.47 bits per heavy atom. The second kappa shape index (κ2) is 10.9. The van der Waals surface area contributed by atoms with E-state index in [0.29, 0.717) is 30.7 Å². The molecule has 4 atom stereocenters. The van der Waals surface area contributed by atoms with Crippen LogP contribution in [-0.4, -0.2) is 64.8 Å². The minimum atomic E-state index is -0.966. The monoisotopic (exact) mass is 510 g/mol. The Balaban J connectivity index is 1.24. The van der Waals surface area contributed by atoms with Crippen LogP contribution in [0.15, 0.2) is 60.7 Å². The molecule has 8 nitrogen and oxygen atoms in total. The number of nitrogens with zero attached hydrogens (tertiary/aromatic N) is 2. The van der Waals surface area contributed by atoms with Crippen LogP contribution in [0.1, 0.15) is 43.2 Å². The average Bonchev–Trinajstić information content (AvgIpc) is 3.84. The largest absolute Gasteiger partial charge is 0.760 e. The maximum absolute atomic E-state index is 13.8. The van der Waals surface area contributed by atoms with E-state index in [1.807, 2.05) is 29.2 Å². The molecule has 3 fully saturated rings. The van der Waals surface area contributed by atoms with Gasteiger partial charge in [0, 0.05) is 24.1 Å². The van der Waals surface area contributed by atoms with Crippen molar-refractivity contribution in [3.8, 4) is 0 Å². The van der Waals surface area contributed by atoms with Crippen molar-refractivity contribution in [3.05, 3.63) is 77.0 Å². The number of piperidine rings is 1. The third-order valence-electron chi connectivity index (χ3n) is 7.16. The molecule has 2 amide bonds. The Morgan fingerprint density at radius 2 is 1.81 bits per heavy atom. The average molecular weight is 511 g/mol. The third kappa shape index (κ3) is 5.45. The molecule has 3 aliphatic rings. The fourth-order valence-electron chi connectivity index (χ4n) is 4.99. The summed E-state index contributed by atoms with van der Waals surface area (Å²) in [4.78, 5) is 33.6. The quantitative estimate of drug-likeness (QED) is 0.386. The highest BCUT2D eigenvalue weighted by Crippen LogP contribution is 2.49. The van der Waals surface area contributed by atoms with Crippen molar-refractivity contribution in [2.24, 2.45) is 0 Å². The lowest BCUT2D eigenvalue weighted by atomic mass is 9.89.